The van der Waals surface area contributed by atoms with Gasteiger partial charge >= 0.3 is 0 Å². The third kappa shape index (κ3) is 3.41. The molecule has 0 spiro atoms. The summed E-state index contributed by atoms with van der Waals surface area (Å²) >= 11 is 0. The smallest absolute Gasteiger partial charge is 0.265 e. The van der Waals surface area contributed by atoms with Gasteiger partial charge in [0.15, 0.2) is 0 Å². The molecule has 10 heteroatoms. The topological polar surface area (TPSA) is 130 Å². The van der Waals surface area contributed by atoms with E-state index in [1.54, 1.807) is 12.1 Å². The van der Waals surface area contributed by atoms with Crippen LogP contribution in [0.5, 0.6) is 17.2 Å². The zero-order chi connectivity index (χ0) is 20.5. The van der Waals surface area contributed by atoms with Crippen LogP contribution in [-0.2, 0) is 10.0 Å². The highest BCUT2D eigenvalue weighted by Gasteiger charge is 2.24. The summed E-state index contributed by atoms with van der Waals surface area (Å²) in [5, 5.41) is 11.8. The molecule has 28 heavy (non-hydrogen) atoms. The van der Waals surface area contributed by atoms with Crippen LogP contribution in [0, 0.1) is 0 Å². The average molecular weight is 405 g/mol. The second-order valence-corrected chi connectivity index (χ2v) is 7.35. The van der Waals surface area contributed by atoms with Crippen molar-refractivity contribution in [3.05, 3.63) is 42.1 Å². The van der Waals surface area contributed by atoms with Crippen LogP contribution in [0.15, 0.2) is 41.3 Å². The molecule has 1 aromatic heterocycles. The summed E-state index contributed by atoms with van der Waals surface area (Å²) < 4.78 is 43.6. The third-order valence-electron chi connectivity index (χ3n) is 4.11. The predicted molar refractivity (Wildman–Crippen MR) is 99.5 cm³/mol. The predicted octanol–water partition coefficient (Wildman–Crippen LogP) is 1.36. The van der Waals surface area contributed by atoms with Gasteiger partial charge in [-0.25, -0.2) is 8.42 Å². The minimum Gasteiger partial charge on any atom is -0.543 e. The molecule has 9 nitrogen and oxygen atoms in total. The summed E-state index contributed by atoms with van der Waals surface area (Å²) in [6.07, 6.45) is 0. The molecular weight excluding hydrogens is 388 g/mol. The van der Waals surface area contributed by atoms with Crippen LogP contribution in [0.3, 0.4) is 0 Å². The minimum absolute atomic E-state index is 0.0410. The maximum atomic E-state index is 13.0. The molecule has 0 aliphatic carbocycles. The Balaban J connectivity index is 2.15. The van der Waals surface area contributed by atoms with E-state index in [0.29, 0.717) is 22.4 Å². The normalized spacial score (nSPS) is 11.2. The number of ether oxygens (including phenoxy) is 3. The molecule has 0 saturated heterocycles. The number of sulfonamides is 1. The van der Waals surface area contributed by atoms with Gasteiger partial charge in [-0.05, 0) is 30.3 Å². The van der Waals surface area contributed by atoms with Crippen molar-refractivity contribution >= 4 is 32.6 Å². The van der Waals surface area contributed by atoms with E-state index in [1.165, 1.54) is 45.6 Å². The monoisotopic (exact) mass is 405 g/mol. The number of H-pyrrole nitrogens is 1. The van der Waals surface area contributed by atoms with Crippen molar-refractivity contribution in [2.45, 2.75) is 4.90 Å². The minimum atomic E-state index is -4.20. The van der Waals surface area contributed by atoms with E-state index in [4.69, 9.17) is 14.2 Å². The van der Waals surface area contributed by atoms with Gasteiger partial charge in [0.2, 0.25) is 0 Å². The molecule has 2 N–H and O–H groups in total. The van der Waals surface area contributed by atoms with Crippen molar-refractivity contribution in [3.8, 4) is 17.2 Å². The number of anilines is 1. The van der Waals surface area contributed by atoms with Crippen LogP contribution in [-0.4, -0.2) is 40.7 Å². The van der Waals surface area contributed by atoms with Crippen LogP contribution < -0.4 is 24.0 Å². The van der Waals surface area contributed by atoms with Crippen molar-refractivity contribution in [1.82, 2.24) is 4.98 Å². The molecule has 0 saturated carbocycles. The summed E-state index contributed by atoms with van der Waals surface area (Å²) in [5.74, 6) is -0.684. The zero-order valence-corrected chi connectivity index (χ0v) is 16.0. The molecule has 1 heterocycles. The Hall–Kier alpha value is -3.40. The number of benzene rings is 2. The summed E-state index contributed by atoms with van der Waals surface area (Å²) in [5.41, 5.74) is -0.162. The molecule has 0 aliphatic rings. The Labute approximate surface area is 160 Å². The highest BCUT2D eigenvalue weighted by atomic mass is 32.2. The lowest BCUT2D eigenvalue weighted by atomic mass is 10.2. The Bertz CT molecular complexity index is 1150. The second kappa shape index (κ2) is 7.31. The van der Waals surface area contributed by atoms with E-state index >= 15 is 0 Å². The van der Waals surface area contributed by atoms with Crippen LogP contribution >= 0.6 is 0 Å². The SMILES string of the molecule is COc1ccc(S(=O)(=O)Nc2c(C(=O)[O-])[nH]c3ccc(OC)cc23)c(OC)c1. The maximum absolute atomic E-state index is 13.0. The fourth-order valence-electron chi connectivity index (χ4n) is 2.74. The first-order valence-corrected chi connectivity index (χ1v) is 9.45. The fraction of sp³-hybridized carbons (Fsp3) is 0.167. The summed E-state index contributed by atoms with van der Waals surface area (Å²) in [6.45, 7) is 0. The van der Waals surface area contributed by atoms with Gasteiger partial charge in [-0.15, -0.1) is 0 Å². The number of carboxylic acid groups (broad SMARTS) is 1. The number of rotatable bonds is 7. The lowest BCUT2D eigenvalue weighted by Crippen LogP contribution is -2.25. The molecular formula is C18H17N2O7S-. The first-order valence-electron chi connectivity index (χ1n) is 7.96. The number of hydrogen-bond acceptors (Lipinski definition) is 7. The number of nitrogens with one attached hydrogen (secondary N) is 2. The Kier molecular flexibility index (Phi) is 5.06. The van der Waals surface area contributed by atoms with Crippen molar-refractivity contribution in [2.75, 3.05) is 26.1 Å². The fourth-order valence-corrected chi connectivity index (χ4v) is 3.99. The number of carbonyl (C=O) groups is 1. The largest absolute Gasteiger partial charge is 0.543 e. The number of aromatic nitrogens is 1. The van der Waals surface area contributed by atoms with Gasteiger partial charge in [-0.2, -0.15) is 0 Å². The number of hydrogen-bond donors (Lipinski definition) is 2. The number of aromatic amines is 1. The maximum Gasteiger partial charge on any atom is 0.265 e. The van der Waals surface area contributed by atoms with Crippen LogP contribution in [0.25, 0.3) is 10.9 Å². The molecule has 0 bridgehead atoms. The molecule has 2 aromatic carbocycles. The second-order valence-electron chi connectivity index (χ2n) is 5.70. The summed E-state index contributed by atoms with van der Waals surface area (Å²) in [4.78, 5) is 14.0. The van der Waals surface area contributed by atoms with Crippen molar-refractivity contribution in [2.24, 2.45) is 0 Å². The van der Waals surface area contributed by atoms with Gasteiger partial charge in [0.05, 0.1) is 38.7 Å². The molecule has 0 aliphatic heterocycles. The van der Waals surface area contributed by atoms with E-state index in [9.17, 15) is 18.3 Å². The van der Waals surface area contributed by atoms with Crippen LogP contribution in [0.4, 0.5) is 5.69 Å². The Morgan fingerprint density at radius 3 is 2.25 bits per heavy atom. The van der Waals surface area contributed by atoms with Crippen molar-refractivity contribution in [1.29, 1.82) is 0 Å². The van der Waals surface area contributed by atoms with E-state index in [0.717, 1.165) is 0 Å². The first-order chi connectivity index (χ1) is 13.3. The number of fused-ring (bicyclic) bond motifs is 1. The van der Waals surface area contributed by atoms with E-state index < -0.39 is 21.7 Å². The van der Waals surface area contributed by atoms with Gasteiger partial charge in [0.1, 0.15) is 22.1 Å². The standard InChI is InChI=1S/C18H18N2O7S/c1-25-10-4-6-13-12(8-10)16(17(19-13)18(21)22)20-28(23,24)15-7-5-11(26-2)9-14(15)27-3/h4-9,19-20H,1-3H3,(H,21,22)/p-1. The molecule has 0 amide bonds. The van der Waals surface area contributed by atoms with Gasteiger partial charge in [0, 0.05) is 17.0 Å². The molecule has 3 rings (SSSR count). The van der Waals surface area contributed by atoms with E-state index in [1.807, 2.05) is 0 Å². The number of carbonyl (C=O) groups excluding carboxylic acids is 1. The lowest BCUT2D eigenvalue weighted by molar-refractivity contribution is -0.255. The number of aromatic carboxylic acids is 1. The van der Waals surface area contributed by atoms with Gasteiger partial charge < -0.3 is 29.1 Å². The highest BCUT2D eigenvalue weighted by Crippen LogP contribution is 2.35. The quantitative estimate of drug-likeness (QED) is 0.607. The van der Waals surface area contributed by atoms with Crippen LogP contribution in [0.1, 0.15) is 10.5 Å². The highest BCUT2D eigenvalue weighted by molar-refractivity contribution is 7.92. The number of carboxylic acids is 1. The molecule has 3 aromatic rings. The van der Waals surface area contributed by atoms with Gasteiger partial charge in [-0.1, -0.05) is 0 Å². The zero-order valence-electron chi connectivity index (χ0n) is 15.2. The van der Waals surface area contributed by atoms with Gasteiger partial charge in [0.25, 0.3) is 10.0 Å². The van der Waals surface area contributed by atoms with Crippen LogP contribution in [0.2, 0.25) is 0 Å². The van der Waals surface area contributed by atoms with Crippen molar-refractivity contribution in [3.63, 3.8) is 0 Å². The molecule has 0 atom stereocenters. The molecule has 0 fully saturated rings. The van der Waals surface area contributed by atoms with Gasteiger partial charge in [-0.3, -0.25) is 4.72 Å². The van der Waals surface area contributed by atoms with E-state index in [2.05, 4.69) is 9.71 Å². The Morgan fingerprint density at radius 1 is 1.00 bits per heavy atom. The molecule has 0 radical (unpaired) electrons. The molecule has 0 unspecified atom stereocenters. The number of methoxy groups -OCH3 is 3. The third-order valence-corrected chi connectivity index (χ3v) is 5.50. The lowest BCUT2D eigenvalue weighted by Gasteiger charge is -2.14. The Morgan fingerprint density at radius 2 is 1.64 bits per heavy atom. The summed E-state index contributed by atoms with van der Waals surface area (Å²) in [6, 6.07) is 8.87. The average Bonchev–Trinajstić information content (AvgIpc) is 3.04. The van der Waals surface area contributed by atoms with Crippen molar-refractivity contribution < 1.29 is 32.5 Å². The van der Waals surface area contributed by atoms with E-state index in [-0.39, 0.29) is 16.3 Å². The first kappa shape index (κ1) is 19.4. The summed E-state index contributed by atoms with van der Waals surface area (Å²) in [7, 11) is -0.00293. The molecule has 148 valence electrons.